The molecule has 0 saturated carbocycles. The third-order valence-electron chi connectivity index (χ3n) is 4.22. The Bertz CT molecular complexity index is 699. The fourth-order valence-electron chi connectivity index (χ4n) is 2.59. The number of ether oxygens (including phenoxy) is 2. The minimum absolute atomic E-state index is 0.0165. The minimum atomic E-state index is -3.74. The van der Waals surface area contributed by atoms with Gasteiger partial charge in [-0.2, -0.15) is 0 Å². The second-order valence-corrected chi connectivity index (χ2v) is 12.1. The topological polar surface area (TPSA) is 74.3 Å². The smallest absolute Gasteiger partial charge is 0.362 e. The molecule has 2 atom stereocenters. The van der Waals surface area contributed by atoms with Crippen LogP contribution in [0.15, 0.2) is 30.3 Å². The van der Waals surface area contributed by atoms with Gasteiger partial charge in [-0.1, -0.05) is 42.1 Å². The molecule has 1 aromatic rings. The van der Waals surface area contributed by atoms with E-state index in [1.807, 2.05) is 63.2 Å². The van der Waals surface area contributed by atoms with E-state index in [0.29, 0.717) is 12.3 Å². The van der Waals surface area contributed by atoms with Crippen LogP contribution in [0.3, 0.4) is 0 Å². The molecule has 0 bridgehead atoms. The number of thioether (sulfide) groups is 1. The van der Waals surface area contributed by atoms with Gasteiger partial charge in [-0.3, -0.25) is 13.9 Å². The summed E-state index contributed by atoms with van der Waals surface area (Å²) in [4.78, 5) is 13.2. The van der Waals surface area contributed by atoms with Gasteiger partial charge in [-0.25, -0.2) is 0 Å². The lowest BCUT2D eigenvalue weighted by Crippen LogP contribution is -2.36. The average molecular weight is 476 g/mol. The van der Waals surface area contributed by atoms with Gasteiger partial charge in [0, 0.05) is 19.2 Å². The molecule has 0 saturated heterocycles. The third kappa shape index (κ3) is 11.1. The predicted octanol–water partition coefficient (Wildman–Crippen LogP) is 4.80. The molecule has 0 aliphatic carbocycles. The highest BCUT2D eigenvalue weighted by atomic mass is 32.2. The first kappa shape index (κ1) is 28.3. The van der Waals surface area contributed by atoms with Gasteiger partial charge in [0.05, 0.1) is 25.9 Å². The molecule has 0 aromatic heterocycles. The highest BCUT2D eigenvalue weighted by Gasteiger charge is 2.46. The molecule has 0 amide bonds. The SMILES string of the molecule is CC(=O)SCCOP(=O)(OC(COC(C)C)CN(C)C)C(C)(C)OCc1ccccc1. The van der Waals surface area contributed by atoms with Gasteiger partial charge in [0.15, 0.2) is 10.5 Å². The van der Waals surface area contributed by atoms with Crippen molar-refractivity contribution in [2.24, 2.45) is 0 Å². The van der Waals surface area contributed by atoms with E-state index in [1.54, 1.807) is 13.8 Å². The van der Waals surface area contributed by atoms with Crippen LogP contribution in [-0.4, -0.2) is 67.2 Å². The van der Waals surface area contributed by atoms with Crippen molar-refractivity contribution in [3.05, 3.63) is 35.9 Å². The lowest BCUT2D eigenvalue weighted by Gasteiger charge is -2.36. The number of carbonyl (C=O) groups is 1. The van der Waals surface area contributed by atoms with Crippen LogP contribution in [0.5, 0.6) is 0 Å². The van der Waals surface area contributed by atoms with Crippen molar-refractivity contribution in [1.82, 2.24) is 4.90 Å². The van der Waals surface area contributed by atoms with Crippen molar-refractivity contribution < 1.29 is 27.9 Å². The first-order valence-corrected chi connectivity index (χ1v) is 13.0. The van der Waals surface area contributed by atoms with E-state index in [0.717, 1.165) is 17.3 Å². The van der Waals surface area contributed by atoms with Gasteiger partial charge in [0.25, 0.3) is 0 Å². The molecule has 0 aliphatic heterocycles. The molecular formula is C22H38NO6PS. The molecule has 0 N–H and O–H groups in total. The van der Waals surface area contributed by atoms with Crippen molar-refractivity contribution in [1.29, 1.82) is 0 Å². The monoisotopic (exact) mass is 475 g/mol. The fourth-order valence-corrected chi connectivity index (χ4v) is 4.87. The summed E-state index contributed by atoms with van der Waals surface area (Å²) in [6.07, 6.45) is -0.453. The van der Waals surface area contributed by atoms with E-state index in [-0.39, 0.29) is 31.0 Å². The van der Waals surface area contributed by atoms with Gasteiger partial charge < -0.3 is 18.9 Å². The zero-order valence-electron chi connectivity index (χ0n) is 19.8. The highest BCUT2D eigenvalue weighted by Crippen LogP contribution is 2.61. The highest BCUT2D eigenvalue weighted by molar-refractivity contribution is 8.13. The van der Waals surface area contributed by atoms with Gasteiger partial charge in [0.1, 0.15) is 6.10 Å². The third-order valence-corrected chi connectivity index (χ3v) is 7.54. The first-order chi connectivity index (χ1) is 14.4. The van der Waals surface area contributed by atoms with Crippen molar-refractivity contribution in [2.45, 2.75) is 58.8 Å². The molecule has 0 heterocycles. The Kier molecular flexibility index (Phi) is 12.5. The summed E-state index contributed by atoms with van der Waals surface area (Å²) in [5, 5.41) is -1.22. The van der Waals surface area contributed by atoms with Crippen molar-refractivity contribution in [3.8, 4) is 0 Å². The summed E-state index contributed by atoms with van der Waals surface area (Å²) in [6.45, 7) is 9.97. The van der Waals surface area contributed by atoms with Gasteiger partial charge in [-0.05, 0) is 47.4 Å². The van der Waals surface area contributed by atoms with Crippen LogP contribution < -0.4 is 0 Å². The summed E-state index contributed by atoms with van der Waals surface area (Å²) < 4.78 is 37.7. The van der Waals surface area contributed by atoms with Crippen LogP contribution in [-0.2, 0) is 34.5 Å². The minimum Gasteiger partial charge on any atom is -0.376 e. The Morgan fingerprint density at radius 1 is 1.19 bits per heavy atom. The lowest BCUT2D eigenvalue weighted by molar-refractivity contribution is -0.109. The van der Waals surface area contributed by atoms with E-state index < -0.39 is 19.0 Å². The number of hydrogen-bond acceptors (Lipinski definition) is 8. The Balaban J connectivity index is 3.00. The summed E-state index contributed by atoms with van der Waals surface area (Å²) >= 11 is 1.12. The van der Waals surface area contributed by atoms with E-state index in [4.69, 9.17) is 18.5 Å². The van der Waals surface area contributed by atoms with E-state index in [9.17, 15) is 9.36 Å². The normalized spacial score (nSPS) is 15.3. The van der Waals surface area contributed by atoms with Crippen molar-refractivity contribution in [2.75, 3.05) is 39.6 Å². The fraction of sp³-hybridized carbons (Fsp3) is 0.682. The number of hydrogen-bond donors (Lipinski definition) is 0. The molecule has 0 aliphatic rings. The molecule has 0 radical (unpaired) electrons. The molecule has 9 heteroatoms. The molecule has 1 rings (SSSR count). The quantitative estimate of drug-likeness (QED) is 0.265. The van der Waals surface area contributed by atoms with Gasteiger partial charge in [-0.15, -0.1) is 0 Å². The number of likely N-dealkylation sites (N-methyl/N-ethyl adjacent to an activating group) is 1. The lowest BCUT2D eigenvalue weighted by atomic mass is 10.2. The van der Waals surface area contributed by atoms with E-state index in [1.165, 1.54) is 6.92 Å². The molecule has 0 fully saturated rings. The zero-order valence-corrected chi connectivity index (χ0v) is 21.5. The summed E-state index contributed by atoms with van der Waals surface area (Å²) in [7, 11) is 0.0845. The number of carbonyl (C=O) groups excluding carboxylic acids is 1. The maximum absolute atomic E-state index is 14.0. The van der Waals surface area contributed by atoms with Gasteiger partial charge in [0.2, 0.25) is 0 Å². The summed E-state index contributed by atoms with van der Waals surface area (Å²) in [5.74, 6) is 0.387. The average Bonchev–Trinajstić information content (AvgIpc) is 2.68. The Labute approximate surface area is 191 Å². The van der Waals surface area contributed by atoms with Crippen LogP contribution in [0.25, 0.3) is 0 Å². The largest absolute Gasteiger partial charge is 0.376 e. The van der Waals surface area contributed by atoms with E-state index >= 15 is 0 Å². The maximum Gasteiger partial charge on any atom is 0.362 e. The first-order valence-electron chi connectivity index (χ1n) is 10.5. The molecule has 31 heavy (non-hydrogen) atoms. The van der Waals surface area contributed by atoms with Crippen LogP contribution in [0.4, 0.5) is 0 Å². The molecule has 7 nitrogen and oxygen atoms in total. The second-order valence-electron chi connectivity index (χ2n) is 8.26. The standard InChI is InChI=1S/C22H38NO6PS/c1-18(2)26-17-21(15-23(6)7)29-30(25,28-13-14-31-19(3)24)22(4,5)27-16-20-11-9-8-10-12-20/h8-12,18,21H,13-17H2,1-7H3. The molecular weight excluding hydrogens is 437 g/mol. The Morgan fingerprint density at radius 2 is 1.84 bits per heavy atom. The maximum atomic E-state index is 14.0. The van der Waals surface area contributed by atoms with Crippen LogP contribution in [0.2, 0.25) is 0 Å². The summed E-state index contributed by atoms with van der Waals surface area (Å²) in [5.41, 5.74) is 0.960. The van der Waals surface area contributed by atoms with Crippen molar-refractivity contribution in [3.63, 3.8) is 0 Å². The second kappa shape index (κ2) is 13.7. The molecule has 2 unspecified atom stereocenters. The van der Waals surface area contributed by atoms with Crippen LogP contribution in [0.1, 0.15) is 40.2 Å². The van der Waals surface area contributed by atoms with Gasteiger partial charge >= 0.3 is 7.60 Å². The molecule has 0 spiro atoms. The predicted molar refractivity (Wildman–Crippen MR) is 127 cm³/mol. The van der Waals surface area contributed by atoms with Crippen molar-refractivity contribution >= 4 is 24.5 Å². The molecule has 1 aromatic carbocycles. The summed E-state index contributed by atoms with van der Waals surface area (Å²) in [6, 6.07) is 9.66. The molecule has 178 valence electrons. The number of nitrogens with zero attached hydrogens (tertiary/aromatic N) is 1. The van der Waals surface area contributed by atoms with Crippen LogP contribution >= 0.6 is 19.4 Å². The number of rotatable bonds is 15. The Morgan fingerprint density at radius 3 is 2.39 bits per heavy atom. The van der Waals surface area contributed by atoms with E-state index in [2.05, 4.69) is 0 Å². The van der Waals surface area contributed by atoms with Crippen LogP contribution in [0, 0.1) is 0 Å². The number of benzene rings is 1. The zero-order chi connectivity index (χ0) is 23.5. The Hall–Kier alpha value is -0.730.